The summed E-state index contributed by atoms with van der Waals surface area (Å²) in [7, 11) is 1.47. The highest BCUT2D eigenvalue weighted by atomic mass is 19.1. The lowest BCUT2D eigenvalue weighted by molar-refractivity contribution is -0.157. The number of ether oxygens (including phenoxy) is 1. The van der Waals surface area contributed by atoms with Crippen molar-refractivity contribution < 1.29 is 23.8 Å². The monoisotopic (exact) mass is 309 g/mol. The van der Waals surface area contributed by atoms with Gasteiger partial charge in [0.25, 0.3) is 0 Å². The molecule has 120 valence electrons. The molecule has 2 N–H and O–H groups in total. The van der Waals surface area contributed by atoms with Crippen molar-refractivity contribution in [2.75, 3.05) is 7.11 Å². The molecule has 1 aliphatic rings. The Bertz CT molecular complexity index is 584. The summed E-state index contributed by atoms with van der Waals surface area (Å²) in [5, 5.41) is 12.0. The number of hydrogen-bond donors (Lipinski definition) is 2. The minimum absolute atomic E-state index is 0.0513. The molecule has 0 aliphatic heterocycles. The van der Waals surface area contributed by atoms with Gasteiger partial charge in [0.15, 0.2) is 0 Å². The lowest BCUT2D eigenvalue weighted by atomic mass is 9.66. The molecule has 1 aliphatic carbocycles. The molecule has 0 spiro atoms. The first-order chi connectivity index (χ1) is 10.4. The van der Waals surface area contributed by atoms with Gasteiger partial charge in [0.2, 0.25) is 5.91 Å². The standard InChI is InChI=1S/C16H20FNO4/c1-10(12-8-11(17)4-5-13(12)22-2)18-14(19)9-16(15(20)21)6-3-7-16/h4-5,8,10H,3,6-7,9H2,1-2H3,(H,18,19)(H,20,21). The molecule has 0 heterocycles. The molecule has 0 radical (unpaired) electrons. The van der Waals surface area contributed by atoms with E-state index in [1.165, 1.54) is 25.3 Å². The van der Waals surface area contributed by atoms with E-state index in [2.05, 4.69) is 5.32 Å². The zero-order valence-corrected chi connectivity index (χ0v) is 12.7. The summed E-state index contributed by atoms with van der Waals surface area (Å²) in [4.78, 5) is 23.4. The number of amides is 1. The van der Waals surface area contributed by atoms with E-state index >= 15 is 0 Å². The fourth-order valence-electron chi connectivity index (χ4n) is 2.79. The van der Waals surface area contributed by atoms with E-state index in [0.717, 1.165) is 6.42 Å². The number of benzene rings is 1. The first-order valence-corrected chi connectivity index (χ1v) is 7.24. The van der Waals surface area contributed by atoms with Crippen molar-refractivity contribution in [1.29, 1.82) is 0 Å². The van der Waals surface area contributed by atoms with Gasteiger partial charge in [-0.2, -0.15) is 0 Å². The second-order valence-electron chi connectivity index (χ2n) is 5.79. The molecule has 5 nitrogen and oxygen atoms in total. The van der Waals surface area contributed by atoms with Gasteiger partial charge < -0.3 is 15.2 Å². The largest absolute Gasteiger partial charge is 0.496 e. The van der Waals surface area contributed by atoms with Crippen LogP contribution in [0, 0.1) is 11.2 Å². The number of aliphatic carboxylic acids is 1. The molecule has 6 heteroatoms. The van der Waals surface area contributed by atoms with Gasteiger partial charge in [-0.15, -0.1) is 0 Å². The highest BCUT2D eigenvalue weighted by Gasteiger charge is 2.46. The Labute approximate surface area is 128 Å². The van der Waals surface area contributed by atoms with Crippen LogP contribution in [-0.4, -0.2) is 24.1 Å². The van der Waals surface area contributed by atoms with E-state index in [1.54, 1.807) is 6.92 Å². The fraction of sp³-hybridized carbons (Fsp3) is 0.500. The summed E-state index contributed by atoms with van der Waals surface area (Å²) < 4.78 is 18.5. The molecule has 0 aromatic heterocycles. The molecule has 0 bridgehead atoms. The maximum atomic E-state index is 13.4. The zero-order chi connectivity index (χ0) is 16.3. The number of carboxylic acid groups (broad SMARTS) is 1. The number of methoxy groups -OCH3 is 1. The number of halogens is 1. The Kier molecular flexibility index (Phi) is 4.68. The molecule has 1 unspecified atom stereocenters. The smallest absolute Gasteiger partial charge is 0.310 e. The van der Waals surface area contributed by atoms with Gasteiger partial charge in [-0.05, 0) is 38.0 Å². The Morgan fingerprint density at radius 1 is 1.45 bits per heavy atom. The van der Waals surface area contributed by atoms with E-state index in [1.807, 2.05) is 0 Å². The topological polar surface area (TPSA) is 75.6 Å². The Balaban J connectivity index is 2.05. The Morgan fingerprint density at radius 3 is 2.64 bits per heavy atom. The maximum absolute atomic E-state index is 13.4. The number of carboxylic acids is 1. The average molecular weight is 309 g/mol. The second kappa shape index (κ2) is 6.34. The van der Waals surface area contributed by atoms with Crippen LogP contribution in [0.1, 0.15) is 44.2 Å². The van der Waals surface area contributed by atoms with E-state index in [-0.39, 0.29) is 12.3 Å². The van der Waals surface area contributed by atoms with Crippen LogP contribution in [0.25, 0.3) is 0 Å². The minimum atomic E-state index is -0.935. The van der Waals surface area contributed by atoms with Crippen molar-refractivity contribution >= 4 is 11.9 Å². The average Bonchev–Trinajstić information content (AvgIpc) is 2.42. The van der Waals surface area contributed by atoms with Crippen LogP contribution in [0.2, 0.25) is 0 Å². The third kappa shape index (κ3) is 3.21. The number of carbonyl (C=O) groups excluding carboxylic acids is 1. The quantitative estimate of drug-likeness (QED) is 0.847. The van der Waals surface area contributed by atoms with Crippen LogP contribution in [0.5, 0.6) is 5.75 Å². The summed E-state index contributed by atoms with van der Waals surface area (Å²) in [6.07, 6.45) is 1.82. The van der Waals surface area contributed by atoms with Gasteiger partial charge >= 0.3 is 5.97 Å². The normalized spacial score (nSPS) is 17.2. The minimum Gasteiger partial charge on any atom is -0.496 e. The molecule has 1 amide bonds. The SMILES string of the molecule is COc1ccc(F)cc1C(C)NC(=O)CC1(C(=O)O)CCC1. The molecule has 1 fully saturated rings. The number of nitrogens with one attached hydrogen (secondary N) is 1. The summed E-state index contributed by atoms with van der Waals surface area (Å²) >= 11 is 0. The third-order valence-corrected chi connectivity index (χ3v) is 4.30. The molecule has 1 aromatic carbocycles. The van der Waals surface area contributed by atoms with Crippen LogP contribution in [0.4, 0.5) is 4.39 Å². The predicted molar refractivity (Wildman–Crippen MR) is 78.0 cm³/mol. The Hall–Kier alpha value is -2.11. The van der Waals surface area contributed by atoms with Crippen molar-refractivity contribution in [3.05, 3.63) is 29.6 Å². The molecular weight excluding hydrogens is 289 g/mol. The predicted octanol–water partition coefficient (Wildman–Crippen LogP) is 2.66. The van der Waals surface area contributed by atoms with Crippen molar-refractivity contribution in [1.82, 2.24) is 5.32 Å². The third-order valence-electron chi connectivity index (χ3n) is 4.30. The van der Waals surface area contributed by atoms with Gasteiger partial charge in [-0.1, -0.05) is 6.42 Å². The van der Waals surface area contributed by atoms with Gasteiger partial charge in [-0.3, -0.25) is 9.59 Å². The number of hydrogen-bond acceptors (Lipinski definition) is 3. The molecule has 22 heavy (non-hydrogen) atoms. The van der Waals surface area contributed by atoms with E-state index in [4.69, 9.17) is 4.74 Å². The first-order valence-electron chi connectivity index (χ1n) is 7.24. The van der Waals surface area contributed by atoms with Gasteiger partial charge in [0.05, 0.1) is 18.6 Å². The van der Waals surface area contributed by atoms with Crippen LogP contribution in [-0.2, 0) is 9.59 Å². The molecule has 2 rings (SSSR count). The van der Waals surface area contributed by atoms with Crippen molar-refractivity contribution in [3.8, 4) is 5.75 Å². The molecular formula is C16H20FNO4. The summed E-state index contributed by atoms with van der Waals surface area (Å²) in [5.41, 5.74) is -0.413. The molecule has 1 saturated carbocycles. The van der Waals surface area contributed by atoms with E-state index < -0.39 is 23.2 Å². The lowest BCUT2D eigenvalue weighted by Gasteiger charge is -2.37. The van der Waals surface area contributed by atoms with Crippen molar-refractivity contribution in [2.45, 2.75) is 38.6 Å². The lowest BCUT2D eigenvalue weighted by Crippen LogP contribution is -2.43. The van der Waals surface area contributed by atoms with Crippen molar-refractivity contribution in [3.63, 3.8) is 0 Å². The van der Waals surface area contributed by atoms with Crippen molar-refractivity contribution in [2.24, 2.45) is 5.41 Å². The van der Waals surface area contributed by atoms with Gasteiger partial charge in [0.1, 0.15) is 11.6 Å². The van der Waals surface area contributed by atoms with Crippen LogP contribution in [0.15, 0.2) is 18.2 Å². The molecule has 1 atom stereocenters. The van der Waals surface area contributed by atoms with Crippen LogP contribution in [0.3, 0.4) is 0 Å². The van der Waals surface area contributed by atoms with Gasteiger partial charge in [-0.25, -0.2) is 4.39 Å². The zero-order valence-electron chi connectivity index (χ0n) is 12.7. The number of carbonyl (C=O) groups is 2. The summed E-state index contributed by atoms with van der Waals surface area (Å²) in [6.45, 7) is 1.71. The summed E-state index contributed by atoms with van der Waals surface area (Å²) in [5.74, 6) is -1.21. The van der Waals surface area contributed by atoms with E-state index in [9.17, 15) is 19.1 Å². The van der Waals surface area contributed by atoms with E-state index in [0.29, 0.717) is 24.2 Å². The summed E-state index contributed by atoms with van der Waals surface area (Å²) in [6, 6.07) is 3.62. The molecule has 1 aromatic rings. The Morgan fingerprint density at radius 2 is 2.14 bits per heavy atom. The molecule has 0 saturated heterocycles. The maximum Gasteiger partial charge on any atom is 0.310 e. The highest BCUT2D eigenvalue weighted by Crippen LogP contribution is 2.44. The fourth-order valence-corrected chi connectivity index (χ4v) is 2.79. The number of rotatable bonds is 6. The second-order valence-corrected chi connectivity index (χ2v) is 5.79. The highest BCUT2D eigenvalue weighted by molar-refractivity contribution is 5.85. The van der Waals surface area contributed by atoms with Crippen LogP contribution < -0.4 is 10.1 Å². The first kappa shape index (κ1) is 16.3. The van der Waals surface area contributed by atoms with Crippen LogP contribution >= 0.6 is 0 Å². The van der Waals surface area contributed by atoms with Gasteiger partial charge in [0, 0.05) is 12.0 Å².